The SMILES string of the molecule is Cc1ccc(S(=O)(=O)N(CC(=O)N2CCN(c3cccc(Cl)c3)CC2)c2ccc(C)c(C)c2)cc1. The first-order valence-electron chi connectivity index (χ1n) is 11.6. The molecule has 0 bridgehead atoms. The second-order valence-corrected chi connectivity index (χ2v) is 11.2. The topological polar surface area (TPSA) is 60.9 Å². The Balaban J connectivity index is 1.56. The molecule has 1 heterocycles. The zero-order chi connectivity index (χ0) is 25.2. The van der Waals surface area contributed by atoms with Gasteiger partial charge in [0, 0.05) is 36.9 Å². The highest BCUT2D eigenvalue weighted by atomic mass is 35.5. The maximum absolute atomic E-state index is 13.7. The molecule has 0 radical (unpaired) electrons. The van der Waals surface area contributed by atoms with Crippen LogP contribution in [0, 0.1) is 20.8 Å². The Labute approximate surface area is 212 Å². The van der Waals surface area contributed by atoms with Gasteiger partial charge in [0.05, 0.1) is 10.6 Å². The average Bonchev–Trinajstić information content (AvgIpc) is 2.84. The number of amides is 1. The predicted molar refractivity (Wildman–Crippen MR) is 142 cm³/mol. The third kappa shape index (κ3) is 5.63. The van der Waals surface area contributed by atoms with Crippen molar-refractivity contribution < 1.29 is 13.2 Å². The molecule has 1 saturated heterocycles. The summed E-state index contributed by atoms with van der Waals surface area (Å²) in [6, 6.07) is 19.8. The highest BCUT2D eigenvalue weighted by Gasteiger charge is 2.30. The van der Waals surface area contributed by atoms with Crippen molar-refractivity contribution in [3.05, 3.63) is 88.4 Å². The van der Waals surface area contributed by atoms with E-state index < -0.39 is 10.0 Å². The van der Waals surface area contributed by atoms with E-state index in [0.717, 1.165) is 22.4 Å². The molecule has 8 heteroatoms. The van der Waals surface area contributed by atoms with E-state index in [-0.39, 0.29) is 17.3 Å². The lowest BCUT2D eigenvalue weighted by molar-refractivity contribution is -0.129. The number of piperazine rings is 1. The molecular formula is C27H30ClN3O3S. The van der Waals surface area contributed by atoms with Crippen LogP contribution >= 0.6 is 11.6 Å². The monoisotopic (exact) mass is 511 g/mol. The van der Waals surface area contributed by atoms with Crippen molar-refractivity contribution in [2.75, 3.05) is 41.9 Å². The van der Waals surface area contributed by atoms with Crippen molar-refractivity contribution >= 4 is 38.9 Å². The number of aryl methyl sites for hydroxylation is 3. The first-order chi connectivity index (χ1) is 16.6. The Kier molecular flexibility index (Phi) is 7.38. The van der Waals surface area contributed by atoms with Gasteiger partial charge in [-0.3, -0.25) is 9.10 Å². The van der Waals surface area contributed by atoms with E-state index >= 15 is 0 Å². The standard InChI is InChI=1S/C27H30ClN3O3S/c1-20-7-11-26(12-8-20)35(33,34)31(25-10-9-21(2)22(3)17-25)19-27(32)30-15-13-29(14-16-30)24-6-4-5-23(28)18-24/h4-12,17-18H,13-16,19H2,1-3H3. The summed E-state index contributed by atoms with van der Waals surface area (Å²) in [4.78, 5) is 17.4. The van der Waals surface area contributed by atoms with Gasteiger partial charge in [0.25, 0.3) is 10.0 Å². The number of carbonyl (C=O) groups is 1. The highest BCUT2D eigenvalue weighted by Crippen LogP contribution is 2.27. The van der Waals surface area contributed by atoms with E-state index in [0.29, 0.717) is 36.9 Å². The number of hydrogen-bond acceptors (Lipinski definition) is 4. The van der Waals surface area contributed by atoms with Gasteiger partial charge in [-0.1, -0.05) is 41.4 Å². The van der Waals surface area contributed by atoms with Gasteiger partial charge in [-0.05, 0) is 74.4 Å². The van der Waals surface area contributed by atoms with E-state index in [1.165, 1.54) is 4.31 Å². The van der Waals surface area contributed by atoms with Crippen LogP contribution in [0.4, 0.5) is 11.4 Å². The Morgan fingerprint density at radius 2 is 1.57 bits per heavy atom. The van der Waals surface area contributed by atoms with Crippen LogP contribution in [0.5, 0.6) is 0 Å². The third-order valence-electron chi connectivity index (χ3n) is 6.47. The van der Waals surface area contributed by atoms with E-state index in [4.69, 9.17) is 11.6 Å². The molecule has 0 aromatic heterocycles. The number of anilines is 2. The van der Waals surface area contributed by atoms with Gasteiger partial charge in [-0.25, -0.2) is 8.42 Å². The van der Waals surface area contributed by atoms with E-state index in [1.807, 2.05) is 57.2 Å². The lowest BCUT2D eigenvalue weighted by Crippen LogP contribution is -2.52. The number of benzene rings is 3. The fourth-order valence-corrected chi connectivity index (χ4v) is 5.73. The summed E-state index contributed by atoms with van der Waals surface area (Å²) in [5.74, 6) is -0.218. The average molecular weight is 512 g/mol. The van der Waals surface area contributed by atoms with Gasteiger partial charge in [-0.2, -0.15) is 0 Å². The summed E-state index contributed by atoms with van der Waals surface area (Å²) in [6.45, 7) is 7.89. The molecule has 1 amide bonds. The molecule has 35 heavy (non-hydrogen) atoms. The Morgan fingerprint density at radius 1 is 0.886 bits per heavy atom. The van der Waals surface area contributed by atoms with Crippen molar-refractivity contribution in [3.63, 3.8) is 0 Å². The minimum atomic E-state index is -3.93. The second kappa shape index (κ2) is 10.3. The molecule has 0 saturated carbocycles. The van der Waals surface area contributed by atoms with Crippen molar-refractivity contribution in [2.24, 2.45) is 0 Å². The first kappa shape index (κ1) is 25.1. The number of hydrogen-bond donors (Lipinski definition) is 0. The molecule has 4 rings (SSSR count). The van der Waals surface area contributed by atoms with Crippen LogP contribution in [-0.2, 0) is 14.8 Å². The maximum Gasteiger partial charge on any atom is 0.264 e. The van der Waals surface area contributed by atoms with Crippen LogP contribution in [0.3, 0.4) is 0 Å². The molecule has 0 atom stereocenters. The largest absolute Gasteiger partial charge is 0.368 e. The molecule has 0 unspecified atom stereocenters. The Hall–Kier alpha value is -3.03. The molecular weight excluding hydrogens is 482 g/mol. The zero-order valence-electron chi connectivity index (χ0n) is 20.2. The highest BCUT2D eigenvalue weighted by molar-refractivity contribution is 7.92. The molecule has 1 fully saturated rings. The van der Waals surface area contributed by atoms with Crippen LogP contribution in [0.25, 0.3) is 0 Å². The lowest BCUT2D eigenvalue weighted by atomic mass is 10.1. The number of nitrogens with zero attached hydrogens (tertiary/aromatic N) is 3. The van der Waals surface area contributed by atoms with Gasteiger partial charge in [0.15, 0.2) is 0 Å². The molecule has 6 nitrogen and oxygen atoms in total. The summed E-state index contributed by atoms with van der Waals surface area (Å²) in [5.41, 5.74) is 4.50. The fraction of sp³-hybridized carbons (Fsp3) is 0.296. The van der Waals surface area contributed by atoms with Crippen molar-refractivity contribution in [1.82, 2.24) is 4.90 Å². The van der Waals surface area contributed by atoms with Crippen LogP contribution in [0.2, 0.25) is 5.02 Å². The molecule has 184 valence electrons. The first-order valence-corrected chi connectivity index (χ1v) is 13.4. The minimum absolute atomic E-state index is 0.167. The Morgan fingerprint density at radius 3 is 2.20 bits per heavy atom. The predicted octanol–water partition coefficient (Wildman–Crippen LogP) is 4.81. The lowest BCUT2D eigenvalue weighted by Gasteiger charge is -2.37. The van der Waals surface area contributed by atoms with Gasteiger partial charge in [-0.15, -0.1) is 0 Å². The number of rotatable bonds is 6. The summed E-state index contributed by atoms with van der Waals surface area (Å²) >= 11 is 6.13. The summed E-state index contributed by atoms with van der Waals surface area (Å²) in [5, 5.41) is 0.673. The molecule has 1 aliphatic heterocycles. The van der Waals surface area contributed by atoms with Crippen molar-refractivity contribution in [2.45, 2.75) is 25.7 Å². The molecule has 0 N–H and O–H groups in total. The normalized spacial score (nSPS) is 14.2. The van der Waals surface area contributed by atoms with Crippen molar-refractivity contribution in [1.29, 1.82) is 0 Å². The van der Waals surface area contributed by atoms with Crippen LogP contribution in [0.1, 0.15) is 16.7 Å². The number of carbonyl (C=O) groups excluding carboxylic acids is 1. The van der Waals surface area contributed by atoms with Gasteiger partial charge >= 0.3 is 0 Å². The third-order valence-corrected chi connectivity index (χ3v) is 8.50. The minimum Gasteiger partial charge on any atom is -0.368 e. The Bertz CT molecular complexity index is 1320. The second-order valence-electron chi connectivity index (χ2n) is 8.94. The van der Waals surface area contributed by atoms with E-state index in [9.17, 15) is 13.2 Å². The smallest absolute Gasteiger partial charge is 0.264 e. The fourth-order valence-electron chi connectivity index (χ4n) is 4.14. The number of sulfonamides is 1. The summed E-state index contributed by atoms with van der Waals surface area (Å²) in [7, 11) is -3.93. The summed E-state index contributed by atoms with van der Waals surface area (Å²) in [6.07, 6.45) is 0. The molecule has 0 aliphatic carbocycles. The quantitative estimate of drug-likeness (QED) is 0.476. The van der Waals surface area contributed by atoms with Crippen LogP contribution in [0.15, 0.2) is 71.6 Å². The van der Waals surface area contributed by atoms with E-state index in [2.05, 4.69) is 4.90 Å². The maximum atomic E-state index is 13.7. The molecule has 3 aromatic carbocycles. The molecule has 3 aromatic rings. The number of halogens is 1. The molecule has 0 spiro atoms. The van der Waals surface area contributed by atoms with Gasteiger partial charge in [0.1, 0.15) is 6.54 Å². The zero-order valence-corrected chi connectivity index (χ0v) is 21.8. The van der Waals surface area contributed by atoms with Gasteiger partial charge in [0.2, 0.25) is 5.91 Å². The van der Waals surface area contributed by atoms with Crippen LogP contribution in [-0.4, -0.2) is 51.9 Å². The summed E-state index contributed by atoms with van der Waals surface area (Å²) < 4.78 is 28.6. The van der Waals surface area contributed by atoms with E-state index in [1.54, 1.807) is 35.2 Å². The molecule has 1 aliphatic rings. The van der Waals surface area contributed by atoms with Crippen molar-refractivity contribution in [3.8, 4) is 0 Å². The van der Waals surface area contributed by atoms with Gasteiger partial charge < -0.3 is 9.80 Å². The van der Waals surface area contributed by atoms with Crippen LogP contribution < -0.4 is 9.21 Å².